The first-order valence-electron chi connectivity index (χ1n) is 4.83. The van der Waals surface area contributed by atoms with E-state index in [0.29, 0.717) is 6.07 Å². The zero-order chi connectivity index (χ0) is 14.6. The van der Waals surface area contributed by atoms with Crippen molar-refractivity contribution >= 4 is 27.4 Å². The molecule has 0 N–H and O–H groups in total. The Hall–Kier alpha value is -1.64. The van der Waals surface area contributed by atoms with Crippen LogP contribution < -0.4 is 4.74 Å². The van der Waals surface area contributed by atoms with Crippen molar-refractivity contribution in [2.45, 2.75) is 12.8 Å². The number of nitro benzene ring substituents is 1. The average molecular weight is 342 g/mol. The summed E-state index contributed by atoms with van der Waals surface area (Å²) in [6.45, 7) is 0. The predicted octanol–water partition coefficient (Wildman–Crippen LogP) is 3.00. The Morgan fingerprint density at radius 3 is 2.53 bits per heavy atom. The van der Waals surface area contributed by atoms with Crippen molar-refractivity contribution in [3.05, 3.63) is 33.9 Å². The standard InChI is InChI=1S/C10H7BrF3NO4/c11-5-8(16)3-6-1-2-7(15(17)18)4-9(6)19-10(12,13)14/h1-2,4H,3,5H2. The van der Waals surface area contributed by atoms with Crippen LogP contribution in [-0.2, 0) is 11.2 Å². The van der Waals surface area contributed by atoms with Crippen molar-refractivity contribution in [2.75, 3.05) is 5.33 Å². The molecular weight excluding hydrogens is 335 g/mol. The van der Waals surface area contributed by atoms with E-state index < -0.39 is 22.7 Å². The number of benzene rings is 1. The molecule has 0 aromatic heterocycles. The van der Waals surface area contributed by atoms with Gasteiger partial charge in [-0.2, -0.15) is 0 Å². The molecule has 0 heterocycles. The Bertz CT molecular complexity index is 504. The second-order valence-electron chi connectivity index (χ2n) is 3.45. The van der Waals surface area contributed by atoms with Gasteiger partial charge in [0.2, 0.25) is 0 Å². The Kier molecular flexibility index (Phi) is 4.87. The molecule has 1 rings (SSSR count). The Balaban J connectivity index is 3.14. The summed E-state index contributed by atoms with van der Waals surface area (Å²) < 4.78 is 40.3. The molecule has 0 amide bonds. The molecule has 0 radical (unpaired) electrons. The summed E-state index contributed by atoms with van der Waals surface area (Å²) in [4.78, 5) is 20.9. The van der Waals surface area contributed by atoms with E-state index in [0.717, 1.165) is 12.1 Å². The van der Waals surface area contributed by atoms with Crippen molar-refractivity contribution < 1.29 is 27.6 Å². The van der Waals surface area contributed by atoms with E-state index in [9.17, 15) is 28.1 Å². The van der Waals surface area contributed by atoms with Gasteiger partial charge in [0.15, 0.2) is 0 Å². The van der Waals surface area contributed by atoms with Crippen LogP contribution in [0, 0.1) is 10.1 Å². The Morgan fingerprint density at radius 2 is 2.05 bits per heavy atom. The molecule has 1 aromatic carbocycles. The lowest BCUT2D eigenvalue weighted by Crippen LogP contribution is -2.19. The van der Waals surface area contributed by atoms with Gasteiger partial charge in [0.1, 0.15) is 11.5 Å². The molecule has 0 spiro atoms. The minimum absolute atomic E-state index is 0.0323. The zero-order valence-electron chi connectivity index (χ0n) is 9.24. The highest BCUT2D eigenvalue weighted by Gasteiger charge is 2.33. The van der Waals surface area contributed by atoms with Crippen LogP contribution in [0.1, 0.15) is 5.56 Å². The molecule has 0 atom stereocenters. The van der Waals surface area contributed by atoms with Crippen molar-refractivity contribution in [3.63, 3.8) is 0 Å². The van der Waals surface area contributed by atoms with Crippen molar-refractivity contribution in [1.82, 2.24) is 0 Å². The minimum atomic E-state index is -4.98. The third-order valence-corrected chi connectivity index (χ3v) is 2.65. The molecule has 0 aliphatic carbocycles. The fourth-order valence-corrected chi connectivity index (χ4v) is 1.48. The first-order chi connectivity index (χ1) is 8.73. The van der Waals surface area contributed by atoms with E-state index >= 15 is 0 Å². The number of rotatable bonds is 5. The fraction of sp³-hybridized carbons (Fsp3) is 0.300. The number of ketones is 1. The van der Waals surface area contributed by atoms with Gasteiger partial charge < -0.3 is 4.74 Å². The number of non-ortho nitro benzene ring substituents is 1. The summed E-state index contributed by atoms with van der Waals surface area (Å²) in [6.07, 6.45) is -5.30. The van der Waals surface area contributed by atoms with Gasteiger partial charge in [-0.15, -0.1) is 13.2 Å². The SMILES string of the molecule is O=C(CBr)Cc1ccc([N+](=O)[O-])cc1OC(F)(F)F. The monoisotopic (exact) mass is 341 g/mol. The summed E-state index contributed by atoms with van der Waals surface area (Å²) in [5.74, 6) is -1.11. The highest BCUT2D eigenvalue weighted by atomic mass is 79.9. The summed E-state index contributed by atoms with van der Waals surface area (Å²) in [5.41, 5.74) is -0.610. The van der Waals surface area contributed by atoms with Crippen molar-refractivity contribution in [1.29, 1.82) is 0 Å². The van der Waals surface area contributed by atoms with Gasteiger partial charge in [0.05, 0.1) is 16.3 Å². The molecule has 0 saturated heterocycles. The Morgan fingerprint density at radius 1 is 1.42 bits per heavy atom. The number of nitrogens with zero attached hydrogens (tertiary/aromatic N) is 1. The van der Waals surface area contributed by atoms with E-state index in [1.807, 2.05) is 0 Å². The largest absolute Gasteiger partial charge is 0.573 e. The number of Topliss-reactive ketones (excluding diaryl/α,β-unsaturated/α-hetero) is 1. The van der Waals surface area contributed by atoms with Crippen LogP contribution in [0.4, 0.5) is 18.9 Å². The fourth-order valence-electron chi connectivity index (χ4n) is 1.28. The lowest BCUT2D eigenvalue weighted by molar-refractivity contribution is -0.385. The smallest absolute Gasteiger partial charge is 0.405 e. The lowest BCUT2D eigenvalue weighted by atomic mass is 10.1. The molecule has 5 nitrogen and oxygen atoms in total. The number of alkyl halides is 4. The van der Waals surface area contributed by atoms with Gasteiger partial charge in [-0.1, -0.05) is 15.9 Å². The first kappa shape index (κ1) is 15.4. The van der Waals surface area contributed by atoms with Crippen molar-refractivity contribution in [3.8, 4) is 5.75 Å². The zero-order valence-corrected chi connectivity index (χ0v) is 10.8. The van der Waals surface area contributed by atoms with E-state index in [1.165, 1.54) is 0 Å². The number of carbonyl (C=O) groups is 1. The number of ether oxygens (including phenoxy) is 1. The van der Waals surface area contributed by atoms with Gasteiger partial charge in [-0.05, 0) is 6.07 Å². The summed E-state index contributed by atoms with van der Waals surface area (Å²) >= 11 is 2.88. The Labute approximate surface area is 113 Å². The quantitative estimate of drug-likeness (QED) is 0.469. The number of hydrogen-bond acceptors (Lipinski definition) is 4. The number of hydrogen-bond donors (Lipinski definition) is 0. The highest BCUT2D eigenvalue weighted by Crippen LogP contribution is 2.30. The maximum Gasteiger partial charge on any atom is 0.573 e. The third-order valence-electron chi connectivity index (χ3n) is 2.02. The lowest BCUT2D eigenvalue weighted by Gasteiger charge is -2.12. The van der Waals surface area contributed by atoms with Crippen LogP contribution >= 0.6 is 15.9 Å². The molecule has 0 aliphatic heterocycles. The third kappa shape index (κ3) is 4.86. The molecule has 0 bridgehead atoms. The second kappa shape index (κ2) is 6.00. The van der Waals surface area contributed by atoms with Crippen LogP contribution in [0.5, 0.6) is 5.75 Å². The van der Waals surface area contributed by atoms with Crippen LogP contribution in [-0.4, -0.2) is 22.4 Å². The topological polar surface area (TPSA) is 69.4 Å². The highest BCUT2D eigenvalue weighted by molar-refractivity contribution is 9.09. The average Bonchev–Trinajstić information content (AvgIpc) is 2.29. The normalized spacial score (nSPS) is 11.2. The molecular formula is C10H7BrF3NO4. The second-order valence-corrected chi connectivity index (χ2v) is 4.01. The maximum atomic E-state index is 12.2. The van der Waals surface area contributed by atoms with Crippen LogP contribution in [0.2, 0.25) is 0 Å². The molecule has 104 valence electrons. The predicted molar refractivity (Wildman–Crippen MR) is 62.3 cm³/mol. The minimum Gasteiger partial charge on any atom is -0.405 e. The van der Waals surface area contributed by atoms with Gasteiger partial charge >= 0.3 is 6.36 Å². The van der Waals surface area contributed by atoms with E-state index in [1.54, 1.807) is 0 Å². The van der Waals surface area contributed by atoms with E-state index in [-0.39, 0.29) is 23.1 Å². The molecule has 0 fully saturated rings. The molecule has 19 heavy (non-hydrogen) atoms. The summed E-state index contributed by atoms with van der Waals surface area (Å²) in [5, 5.41) is 10.5. The first-order valence-corrected chi connectivity index (χ1v) is 5.96. The van der Waals surface area contributed by atoms with Crippen LogP contribution in [0.15, 0.2) is 18.2 Å². The van der Waals surface area contributed by atoms with Gasteiger partial charge in [0, 0.05) is 18.1 Å². The number of nitro groups is 1. The maximum absolute atomic E-state index is 12.2. The molecule has 0 aliphatic rings. The summed E-state index contributed by atoms with van der Waals surface area (Å²) in [6, 6.07) is 2.73. The van der Waals surface area contributed by atoms with E-state index in [2.05, 4.69) is 20.7 Å². The molecule has 0 unspecified atom stereocenters. The molecule has 1 aromatic rings. The van der Waals surface area contributed by atoms with Crippen molar-refractivity contribution in [2.24, 2.45) is 0 Å². The van der Waals surface area contributed by atoms with Gasteiger partial charge in [-0.25, -0.2) is 0 Å². The molecule has 0 saturated carbocycles. The van der Waals surface area contributed by atoms with Gasteiger partial charge in [0.25, 0.3) is 5.69 Å². The molecule has 9 heteroatoms. The van der Waals surface area contributed by atoms with Crippen LogP contribution in [0.25, 0.3) is 0 Å². The summed E-state index contributed by atoms with van der Waals surface area (Å²) in [7, 11) is 0. The van der Waals surface area contributed by atoms with E-state index in [4.69, 9.17) is 0 Å². The van der Waals surface area contributed by atoms with Gasteiger partial charge in [-0.3, -0.25) is 14.9 Å². The number of carbonyl (C=O) groups excluding carboxylic acids is 1. The van der Waals surface area contributed by atoms with Crippen LogP contribution in [0.3, 0.4) is 0 Å². The number of halogens is 4.